The molecule has 0 radical (unpaired) electrons. The minimum Gasteiger partial charge on any atom is -0.328 e. The first-order chi connectivity index (χ1) is 10.1. The minimum atomic E-state index is 0.156. The summed E-state index contributed by atoms with van der Waals surface area (Å²) in [6.45, 7) is 5.01. The summed E-state index contributed by atoms with van der Waals surface area (Å²) in [6.07, 6.45) is 4.93. The second kappa shape index (κ2) is 5.70. The van der Waals surface area contributed by atoms with E-state index in [1.807, 2.05) is 19.2 Å². The van der Waals surface area contributed by atoms with Gasteiger partial charge in [0.1, 0.15) is 5.65 Å². The fraction of sp³-hybridized carbons (Fsp3) is 0.278. The fourth-order valence-electron chi connectivity index (χ4n) is 2.83. The van der Waals surface area contributed by atoms with Crippen LogP contribution in [-0.4, -0.2) is 15.6 Å². The number of fused-ring (bicyclic) bond motifs is 1. The van der Waals surface area contributed by atoms with Crippen molar-refractivity contribution in [2.24, 2.45) is 5.73 Å². The molecule has 2 N–H and O–H groups in total. The lowest BCUT2D eigenvalue weighted by Gasteiger charge is -2.05. The van der Waals surface area contributed by atoms with Crippen LogP contribution in [0.15, 0.2) is 48.8 Å². The van der Waals surface area contributed by atoms with E-state index < -0.39 is 0 Å². The van der Waals surface area contributed by atoms with Gasteiger partial charge in [-0.15, -0.1) is 0 Å². The lowest BCUT2D eigenvalue weighted by Crippen LogP contribution is -2.17. The van der Waals surface area contributed by atoms with Crippen molar-refractivity contribution in [3.8, 4) is 0 Å². The van der Waals surface area contributed by atoms with E-state index in [1.165, 1.54) is 22.1 Å². The van der Waals surface area contributed by atoms with Crippen molar-refractivity contribution in [1.29, 1.82) is 0 Å². The van der Waals surface area contributed by atoms with E-state index in [4.69, 9.17) is 5.73 Å². The zero-order valence-corrected chi connectivity index (χ0v) is 12.6. The van der Waals surface area contributed by atoms with Gasteiger partial charge in [0.15, 0.2) is 0 Å². The molecule has 0 spiro atoms. The molecule has 0 bridgehead atoms. The standard InChI is InChI=1S/C18H21N3/c1-13-5-3-6-15(9-13)11-21-12-16(10-14(2)19)17-7-4-8-20-18(17)21/h3-9,12,14H,10-11,19H2,1-2H3. The van der Waals surface area contributed by atoms with Gasteiger partial charge in [0, 0.05) is 30.4 Å². The van der Waals surface area contributed by atoms with E-state index in [0.717, 1.165) is 18.6 Å². The summed E-state index contributed by atoms with van der Waals surface area (Å²) < 4.78 is 2.22. The lowest BCUT2D eigenvalue weighted by molar-refractivity contribution is 0.734. The summed E-state index contributed by atoms with van der Waals surface area (Å²) in [5, 5.41) is 1.21. The van der Waals surface area contributed by atoms with Crippen molar-refractivity contribution in [2.45, 2.75) is 32.9 Å². The summed E-state index contributed by atoms with van der Waals surface area (Å²) in [7, 11) is 0. The van der Waals surface area contributed by atoms with Gasteiger partial charge in [0.2, 0.25) is 0 Å². The Hall–Kier alpha value is -2.13. The Balaban J connectivity index is 2.02. The summed E-state index contributed by atoms with van der Waals surface area (Å²) >= 11 is 0. The zero-order chi connectivity index (χ0) is 14.8. The van der Waals surface area contributed by atoms with E-state index >= 15 is 0 Å². The van der Waals surface area contributed by atoms with E-state index in [9.17, 15) is 0 Å². The Morgan fingerprint density at radius 2 is 2.10 bits per heavy atom. The molecule has 0 fully saturated rings. The summed E-state index contributed by atoms with van der Waals surface area (Å²) in [4.78, 5) is 4.55. The fourth-order valence-corrected chi connectivity index (χ4v) is 2.83. The third kappa shape index (κ3) is 2.98. The van der Waals surface area contributed by atoms with Crippen LogP contribution in [0.3, 0.4) is 0 Å². The van der Waals surface area contributed by atoms with Gasteiger partial charge in [-0.3, -0.25) is 0 Å². The lowest BCUT2D eigenvalue weighted by atomic mass is 10.1. The quantitative estimate of drug-likeness (QED) is 0.796. The molecule has 0 aliphatic carbocycles. The van der Waals surface area contributed by atoms with Gasteiger partial charge in [0.05, 0.1) is 0 Å². The average Bonchev–Trinajstić information content (AvgIpc) is 2.77. The van der Waals surface area contributed by atoms with Gasteiger partial charge >= 0.3 is 0 Å². The highest BCUT2D eigenvalue weighted by Gasteiger charge is 2.11. The normalized spacial score (nSPS) is 12.7. The van der Waals surface area contributed by atoms with Crippen LogP contribution in [0.4, 0.5) is 0 Å². The summed E-state index contributed by atoms with van der Waals surface area (Å²) in [5.74, 6) is 0. The molecule has 2 heterocycles. The molecule has 2 aromatic heterocycles. The smallest absolute Gasteiger partial charge is 0.140 e. The first-order valence-corrected chi connectivity index (χ1v) is 7.37. The molecule has 0 saturated heterocycles. The molecule has 0 saturated carbocycles. The van der Waals surface area contributed by atoms with Crippen molar-refractivity contribution in [1.82, 2.24) is 9.55 Å². The van der Waals surface area contributed by atoms with Crippen LogP contribution >= 0.6 is 0 Å². The van der Waals surface area contributed by atoms with Crippen molar-refractivity contribution < 1.29 is 0 Å². The van der Waals surface area contributed by atoms with Crippen molar-refractivity contribution in [2.75, 3.05) is 0 Å². The second-order valence-corrected chi connectivity index (χ2v) is 5.83. The predicted octanol–water partition coefficient (Wildman–Crippen LogP) is 3.28. The first kappa shape index (κ1) is 13.8. The van der Waals surface area contributed by atoms with E-state index in [2.05, 4.69) is 53.0 Å². The maximum absolute atomic E-state index is 5.97. The molecule has 21 heavy (non-hydrogen) atoms. The van der Waals surface area contributed by atoms with Crippen molar-refractivity contribution in [3.63, 3.8) is 0 Å². The van der Waals surface area contributed by atoms with Crippen LogP contribution in [0.1, 0.15) is 23.6 Å². The molecule has 3 nitrogen and oxygen atoms in total. The van der Waals surface area contributed by atoms with Crippen LogP contribution in [0.2, 0.25) is 0 Å². The Morgan fingerprint density at radius 3 is 2.86 bits per heavy atom. The molecule has 108 valence electrons. The zero-order valence-electron chi connectivity index (χ0n) is 12.6. The number of benzene rings is 1. The maximum Gasteiger partial charge on any atom is 0.140 e. The molecule has 3 heteroatoms. The van der Waals surface area contributed by atoms with Crippen LogP contribution in [0.5, 0.6) is 0 Å². The molecule has 0 amide bonds. The highest BCUT2D eigenvalue weighted by Crippen LogP contribution is 2.21. The Kier molecular flexibility index (Phi) is 3.76. The van der Waals surface area contributed by atoms with Crippen LogP contribution < -0.4 is 5.73 Å². The second-order valence-electron chi connectivity index (χ2n) is 5.83. The number of nitrogens with two attached hydrogens (primary N) is 1. The Labute approximate surface area is 125 Å². The number of aromatic nitrogens is 2. The van der Waals surface area contributed by atoms with Gasteiger partial charge in [-0.05, 0) is 43.5 Å². The summed E-state index contributed by atoms with van der Waals surface area (Å²) in [5.41, 5.74) is 10.9. The molecule has 3 aromatic rings. The van der Waals surface area contributed by atoms with Gasteiger partial charge in [-0.25, -0.2) is 4.98 Å². The van der Waals surface area contributed by atoms with Gasteiger partial charge in [0.25, 0.3) is 0 Å². The van der Waals surface area contributed by atoms with Crippen molar-refractivity contribution >= 4 is 11.0 Å². The van der Waals surface area contributed by atoms with Crippen LogP contribution in [-0.2, 0) is 13.0 Å². The van der Waals surface area contributed by atoms with Gasteiger partial charge in [-0.1, -0.05) is 29.8 Å². The number of rotatable bonds is 4. The molecule has 0 aliphatic heterocycles. The third-order valence-corrected chi connectivity index (χ3v) is 3.69. The average molecular weight is 279 g/mol. The molecule has 1 unspecified atom stereocenters. The van der Waals surface area contributed by atoms with Crippen LogP contribution in [0, 0.1) is 6.92 Å². The molecule has 1 atom stereocenters. The van der Waals surface area contributed by atoms with Crippen molar-refractivity contribution in [3.05, 3.63) is 65.5 Å². The number of hydrogen-bond donors (Lipinski definition) is 1. The summed E-state index contributed by atoms with van der Waals surface area (Å²) in [6, 6.07) is 12.9. The topological polar surface area (TPSA) is 43.8 Å². The van der Waals surface area contributed by atoms with Crippen LogP contribution in [0.25, 0.3) is 11.0 Å². The third-order valence-electron chi connectivity index (χ3n) is 3.69. The molecular formula is C18H21N3. The highest BCUT2D eigenvalue weighted by molar-refractivity contribution is 5.80. The molecular weight excluding hydrogens is 258 g/mol. The largest absolute Gasteiger partial charge is 0.328 e. The Morgan fingerprint density at radius 1 is 1.24 bits per heavy atom. The number of nitrogens with zero attached hydrogens (tertiary/aromatic N) is 2. The molecule has 0 aliphatic rings. The van der Waals surface area contributed by atoms with Gasteiger partial charge in [-0.2, -0.15) is 0 Å². The molecule has 3 rings (SSSR count). The number of aryl methyl sites for hydroxylation is 1. The SMILES string of the molecule is Cc1cccc(Cn2cc(CC(C)N)c3cccnc32)c1. The minimum absolute atomic E-state index is 0.156. The number of pyridine rings is 1. The molecule has 1 aromatic carbocycles. The maximum atomic E-state index is 5.97. The Bertz CT molecular complexity index is 756. The first-order valence-electron chi connectivity index (χ1n) is 7.37. The van der Waals surface area contributed by atoms with E-state index in [0.29, 0.717) is 0 Å². The van der Waals surface area contributed by atoms with E-state index in [-0.39, 0.29) is 6.04 Å². The highest BCUT2D eigenvalue weighted by atomic mass is 15.0. The van der Waals surface area contributed by atoms with E-state index in [1.54, 1.807) is 0 Å². The monoisotopic (exact) mass is 279 g/mol. The van der Waals surface area contributed by atoms with Gasteiger partial charge < -0.3 is 10.3 Å². The number of hydrogen-bond acceptors (Lipinski definition) is 2. The predicted molar refractivity (Wildman–Crippen MR) is 87.4 cm³/mol.